The Morgan fingerprint density at radius 1 is 1.62 bits per heavy atom. The highest BCUT2D eigenvalue weighted by molar-refractivity contribution is 5.20. The van der Waals surface area contributed by atoms with Crippen LogP contribution in [0.15, 0.2) is 16.7 Å². The fraction of sp³-hybridized carbons (Fsp3) is 0.600. The molecule has 3 heteroatoms. The van der Waals surface area contributed by atoms with Crippen molar-refractivity contribution < 1.29 is 9.52 Å². The Morgan fingerprint density at radius 3 is 2.69 bits per heavy atom. The van der Waals surface area contributed by atoms with Crippen LogP contribution >= 0.6 is 0 Å². The lowest BCUT2D eigenvalue weighted by Gasteiger charge is -2.18. The number of rotatable bonds is 4. The first-order chi connectivity index (χ1) is 6.16. The third-order valence-electron chi connectivity index (χ3n) is 2.31. The average Bonchev–Trinajstić information content (AvgIpc) is 2.47. The van der Waals surface area contributed by atoms with Gasteiger partial charge in [0, 0.05) is 18.6 Å². The summed E-state index contributed by atoms with van der Waals surface area (Å²) in [4.78, 5) is 0. The van der Waals surface area contributed by atoms with E-state index in [1.54, 1.807) is 6.26 Å². The van der Waals surface area contributed by atoms with Crippen molar-refractivity contribution in [1.82, 2.24) is 0 Å². The van der Waals surface area contributed by atoms with Gasteiger partial charge in [0.1, 0.15) is 5.76 Å². The van der Waals surface area contributed by atoms with Crippen molar-refractivity contribution in [3.63, 3.8) is 0 Å². The molecule has 3 nitrogen and oxygen atoms in total. The molecule has 0 bridgehead atoms. The fourth-order valence-electron chi connectivity index (χ4n) is 1.54. The van der Waals surface area contributed by atoms with Crippen molar-refractivity contribution in [3.05, 3.63) is 23.7 Å². The van der Waals surface area contributed by atoms with E-state index >= 15 is 0 Å². The van der Waals surface area contributed by atoms with Gasteiger partial charge in [-0.25, -0.2) is 0 Å². The third kappa shape index (κ3) is 2.32. The maximum absolute atomic E-state index is 8.88. The Hall–Kier alpha value is -0.800. The highest BCUT2D eigenvalue weighted by Crippen LogP contribution is 2.25. The molecule has 0 fully saturated rings. The number of nitrogens with two attached hydrogens (primary N) is 1. The van der Waals surface area contributed by atoms with Crippen LogP contribution in [0.4, 0.5) is 0 Å². The molecule has 2 atom stereocenters. The largest absolute Gasteiger partial charge is 0.469 e. The second kappa shape index (κ2) is 4.44. The van der Waals surface area contributed by atoms with E-state index in [9.17, 15) is 0 Å². The molecule has 1 heterocycles. The first-order valence-electron chi connectivity index (χ1n) is 4.57. The number of aliphatic hydroxyl groups excluding tert-OH is 1. The molecule has 1 aromatic heterocycles. The van der Waals surface area contributed by atoms with Crippen LogP contribution in [0.3, 0.4) is 0 Å². The maximum atomic E-state index is 8.88. The van der Waals surface area contributed by atoms with Crippen LogP contribution in [0.2, 0.25) is 0 Å². The smallest absolute Gasteiger partial charge is 0.111 e. The van der Waals surface area contributed by atoms with Crippen LogP contribution in [-0.4, -0.2) is 17.8 Å². The Labute approximate surface area is 78.5 Å². The van der Waals surface area contributed by atoms with Crippen LogP contribution in [0.25, 0.3) is 0 Å². The molecule has 0 aliphatic heterocycles. The van der Waals surface area contributed by atoms with Crippen LogP contribution in [-0.2, 0) is 0 Å². The molecule has 0 aromatic carbocycles. The number of aryl methyl sites for hydroxylation is 1. The molecule has 13 heavy (non-hydrogen) atoms. The Balaban J connectivity index is 2.82. The molecule has 0 amide bonds. The van der Waals surface area contributed by atoms with E-state index < -0.39 is 0 Å². The van der Waals surface area contributed by atoms with Gasteiger partial charge in [0.15, 0.2) is 0 Å². The van der Waals surface area contributed by atoms with E-state index in [1.807, 2.05) is 19.9 Å². The Morgan fingerprint density at radius 2 is 2.31 bits per heavy atom. The van der Waals surface area contributed by atoms with Crippen molar-refractivity contribution in [2.24, 2.45) is 5.73 Å². The van der Waals surface area contributed by atoms with Gasteiger partial charge in [0.25, 0.3) is 0 Å². The number of furan rings is 1. The van der Waals surface area contributed by atoms with E-state index in [1.165, 1.54) is 0 Å². The zero-order chi connectivity index (χ0) is 9.84. The number of aliphatic hydroxyl groups is 1. The lowest BCUT2D eigenvalue weighted by atomic mass is 9.93. The summed E-state index contributed by atoms with van der Waals surface area (Å²) in [6.45, 7) is 4.07. The summed E-state index contributed by atoms with van der Waals surface area (Å²) < 4.78 is 5.35. The zero-order valence-electron chi connectivity index (χ0n) is 8.16. The molecule has 0 aliphatic rings. The maximum Gasteiger partial charge on any atom is 0.111 e. The van der Waals surface area contributed by atoms with E-state index in [-0.39, 0.29) is 18.6 Å². The summed E-state index contributed by atoms with van der Waals surface area (Å²) >= 11 is 0. The lowest BCUT2D eigenvalue weighted by molar-refractivity contribution is 0.258. The SMILES string of the molecule is Cc1ccoc1C(CCO)C(C)N. The van der Waals surface area contributed by atoms with Gasteiger partial charge < -0.3 is 15.3 Å². The summed E-state index contributed by atoms with van der Waals surface area (Å²) in [5.74, 6) is 1.03. The molecule has 2 unspecified atom stereocenters. The molecule has 3 N–H and O–H groups in total. The lowest BCUT2D eigenvalue weighted by Crippen LogP contribution is -2.25. The van der Waals surface area contributed by atoms with Crippen LogP contribution in [0.1, 0.15) is 30.6 Å². The molecule has 1 aromatic rings. The van der Waals surface area contributed by atoms with E-state index in [4.69, 9.17) is 15.3 Å². The number of hydrogen-bond acceptors (Lipinski definition) is 3. The van der Waals surface area contributed by atoms with Gasteiger partial charge >= 0.3 is 0 Å². The minimum atomic E-state index is 0.0111. The minimum Gasteiger partial charge on any atom is -0.469 e. The van der Waals surface area contributed by atoms with Crippen molar-refractivity contribution in [3.8, 4) is 0 Å². The summed E-state index contributed by atoms with van der Waals surface area (Å²) in [6, 6.07) is 1.93. The first-order valence-corrected chi connectivity index (χ1v) is 4.57. The van der Waals surface area contributed by atoms with Gasteiger partial charge in [0.05, 0.1) is 6.26 Å². The highest BCUT2D eigenvalue weighted by atomic mass is 16.3. The molecular formula is C10H17NO2. The van der Waals surface area contributed by atoms with E-state index in [0.717, 1.165) is 11.3 Å². The van der Waals surface area contributed by atoms with Gasteiger partial charge in [-0.2, -0.15) is 0 Å². The molecular weight excluding hydrogens is 166 g/mol. The van der Waals surface area contributed by atoms with Gasteiger partial charge in [-0.1, -0.05) is 0 Å². The summed E-state index contributed by atoms with van der Waals surface area (Å²) in [6.07, 6.45) is 2.32. The Kier molecular flexibility index (Phi) is 3.51. The topological polar surface area (TPSA) is 59.4 Å². The van der Waals surface area contributed by atoms with Crippen molar-refractivity contribution in [2.75, 3.05) is 6.61 Å². The van der Waals surface area contributed by atoms with E-state index in [2.05, 4.69) is 0 Å². The molecule has 0 radical (unpaired) electrons. The average molecular weight is 183 g/mol. The summed E-state index contributed by atoms with van der Waals surface area (Å²) in [7, 11) is 0. The second-order valence-electron chi connectivity index (χ2n) is 3.45. The molecule has 1 rings (SSSR count). The predicted octanol–water partition coefficient (Wildman–Crippen LogP) is 1.40. The molecule has 74 valence electrons. The summed E-state index contributed by atoms with van der Waals surface area (Å²) in [5.41, 5.74) is 6.92. The summed E-state index contributed by atoms with van der Waals surface area (Å²) in [5, 5.41) is 8.88. The second-order valence-corrected chi connectivity index (χ2v) is 3.45. The van der Waals surface area contributed by atoms with Crippen molar-refractivity contribution in [1.29, 1.82) is 0 Å². The standard InChI is InChI=1S/C10H17NO2/c1-7-4-6-13-10(7)9(3-5-12)8(2)11/h4,6,8-9,12H,3,5,11H2,1-2H3. The highest BCUT2D eigenvalue weighted by Gasteiger charge is 2.20. The Bertz CT molecular complexity index is 255. The van der Waals surface area contributed by atoms with Gasteiger partial charge in [-0.05, 0) is 31.9 Å². The van der Waals surface area contributed by atoms with Crippen molar-refractivity contribution >= 4 is 0 Å². The zero-order valence-corrected chi connectivity index (χ0v) is 8.16. The molecule has 0 aliphatic carbocycles. The van der Waals surface area contributed by atoms with Crippen molar-refractivity contribution in [2.45, 2.75) is 32.2 Å². The minimum absolute atomic E-state index is 0.0111. The quantitative estimate of drug-likeness (QED) is 0.741. The predicted molar refractivity (Wildman–Crippen MR) is 51.5 cm³/mol. The third-order valence-corrected chi connectivity index (χ3v) is 2.31. The first kappa shape index (κ1) is 10.3. The van der Waals surface area contributed by atoms with Gasteiger partial charge in [0.2, 0.25) is 0 Å². The van der Waals surface area contributed by atoms with E-state index in [0.29, 0.717) is 6.42 Å². The molecule has 0 saturated carbocycles. The molecule has 0 saturated heterocycles. The fourth-order valence-corrected chi connectivity index (χ4v) is 1.54. The number of hydrogen-bond donors (Lipinski definition) is 2. The monoisotopic (exact) mass is 183 g/mol. The van der Waals surface area contributed by atoms with Crippen LogP contribution in [0.5, 0.6) is 0 Å². The van der Waals surface area contributed by atoms with Gasteiger partial charge in [-0.15, -0.1) is 0 Å². The normalized spacial score (nSPS) is 15.7. The molecule has 0 spiro atoms. The van der Waals surface area contributed by atoms with Crippen LogP contribution in [0, 0.1) is 6.92 Å². The van der Waals surface area contributed by atoms with Gasteiger partial charge in [-0.3, -0.25) is 0 Å². The van der Waals surface area contributed by atoms with Crippen LogP contribution < -0.4 is 5.73 Å².